The van der Waals surface area contributed by atoms with E-state index >= 15 is 0 Å². The maximum atomic E-state index is 11.5. The van der Waals surface area contributed by atoms with Gasteiger partial charge in [-0.25, -0.2) is 0 Å². The first kappa shape index (κ1) is 11.1. The molecule has 0 saturated heterocycles. The van der Waals surface area contributed by atoms with E-state index in [0.29, 0.717) is 17.4 Å². The summed E-state index contributed by atoms with van der Waals surface area (Å²) < 4.78 is 5.27. The van der Waals surface area contributed by atoms with E-state index in [9.17, 15) is 4.79 Å². The minimum atomic E-state index is -0.195. The van der Waals surface area contributed by atoms with Gasteiger partial charge in [0.1, 0.15) is 5.76 Å². The van der Waals surface area contributed by atoms with Crippen LogP contribution in [0.2, 0.25) is 0 Å². The molecule has 1 N–H and O–H groups in total. The summed E-state index contributed by atoms with van der Waals surface area (Å²) in [7, 11) is 0. The number of carbonyl (C=O) groups excluding carboxylic acids is 1. The number of halogens is 1. The van der Waals surface area contributed by atoms with E-state index < -0.39 is 0 Å². The number of aryl methyl sites for hydroxylation is 1. The van der Waals surface area contributed by atoms with Crippen molar-refractivity contribution in [2.75, 3.05) is 0 Å². The van der Waals surface area contributed by atoms with Crippen LogP contribution >= 0.6 is 11.6 Å². The molecule has 0 fully saturated rings. The minimum absolute atomic E-state index is 0.104. The number of hydrogen-bond acceptors (Lipinski definition) is 2. The first-order valence-electron chi connectivity index (χ1n) is 4.50. The Morgan fingerprint density at radius 2 is 2.29 bits per heavy atom. The number of amides is 1. The molecule has 4 heteroatoms. The van der Waals surface area contributed by atoms with Crippen LogP contribution in [0.1, 0.15) is 35.7 Å². The molecule has 78 valence electrons. The predicted octanol–water partition coefficient (Wildman–Crippen LogP) is 2.47. The summed E-state index contributed by atoms with van der Waals surface area (Å²) in [5.41, 5.74) is 0.862. The molecule has 1 aromatic rings. The third-order valence-corrected chi connectivity index (χ3v) is 2.10. The van der Waals surface area contributed by atoms with Crippen molar-refractivity contribution >= 4 is 17.5 Å². The van der Waals surface area contributed by atoms with Crippen LogP contribution in [0, 0.1) is 6.92 Å². The lowest BCUT2D eigenvalue weighted by Gasteiger charge is -2.04. The van der Waals surface area contributed by atoms with Crippen LogP contribution in [-0.2, 0) is 5.88 Å². The largest absolute Gasteiger partial charge is 0.456 e. The molecule has 1 heterocycles. The van der Waals surface area contributed by atoms with Crippen LogP contribution in [0.5, 0.6) is 0 Å². The smallest absolute Gasteiger partial charge is 0.287 e. The fourth-order valence-corrected chi connectivity index (χ4v) is 1.36. The van der Waals surface area contributed by atoms with E-state index in [2.05, 4.69) is 5.32 Å². The van der Waals surface area contributed by atoms with Gasteiger partial charge in [0, 0.05) is 11.6 Å². The Hall–Kier alpha value is -0.960. The van der Waals surface area contributed by atoms with Crippen LogP contribution < -0.4 is 5.32 Å². The van der Waals surface area contributed by atoms with Crippen LogP contribution in [0.25, 0.3) is 0 Å². The Morgan fingerprint density at radius 3 is 2.71 bits per heavy atom. The van der Waals surface area contributed by atoms with Crippen molar-refractivity contribution in [1.82, 2.24) is 5.32 Å². The zero-order valence-corrected chi connectivity index (χ0v) is 9.31. The minimum Gasteiger partial charge on any atom is -0.456 e. The predicted molar refractivity (Wildman–Crippen MR) is 55.6 cm³/mol. The Kier molecular flexibility index (Phi) is 3.58. The Morgan fingerprint density at radius 1 is 1.64 bits per heavy atom. The van der Waals surface area contributed by atoms with Crippen molar-refractivity contribution in [1.29, 1.82) is 0 Å². The molecular weight excluding hydrogens is 202 g/mol. The second kappa shape index (κ2) is 4.51. The zero-order chi connectivity index (χ0) is 10.7. The quantitative estimate of drug-likeness (QED) is 0.788. The van der Waals surface area contributed by atoms with Gasteiger partial charge in [-0.2, -0.15) is 0 Å². The molecule has 14 heavy (non-hydrogen) atoms. The van der Waals surface area contributed by atoms with Crippen LogP contribution in [0.3, 0.4) is 0 Å². The van der Waals surface area contributed by atoms with E-state index in [1.807, 2.05) is 13.8 Å². The van der Waals surface area contributed by atoms with Crippen molar-refractivity contribution in [3.8, 4) is 0 Å². The van der Waals surface area contributed by atoms with Crippen LogP contribution in [-0.4, -0.2) is 11.9 Å². The SMILES string of the molecule is Cc1oc(C(=O)NC(C)C)cc1CCl. The van der Waals surface area contributed by atoms with Gasteiger partial charge in [0.05, 0.1) is 5.88 Å². The van der Waals surface area contributed by atoms with Gasteiger partial charge in [0.15, 0.2) is 5.76 Å². The number of nitrogens with one attached hydrogen (secondary N) is 1. The highest BCUT2D eigenvalue weighted by Gasteiger charge is 2.14. The zero-order valence-electron chi connectivity index (χ0n) is 8.56. The lowest BCUT2D eigenvalue weighted by Crippen LogP contribution is -2.29. The maximum absolute atomic E-state index is 11.5. The molecule has 0 aliphatic heterocycles. The second-order valence-electron chi connectivity index (χ2n) is 3.45. The number of carbonyl (C=O) groups is 1. The van der Waals surface area contributed by atoms with Gasteiger partial charge >= 0.3 is 0 Å². The lowest BCUT2D eigenvalue weighted by molar-refractivity contribution is 0.0914. The van der Waals surface area contributed by atoms with E-state index in [0.717, 1.165) is 5.56 Å². The van der Waals surface area contributed by atoms with Crippen molar-refractivity contribution in [2.24, 2.45) is 0 Å². The third-order valence-electron chi connectivity index (χ3n) is 1.81. The molecule has 0 unspecified atom stereocenters. The van der Waals surface area contributed by atoms with E-state index in [4.69, 9.17) is 16.0 Å². The highest BCUT2D eigenvalue weighted by Crippen LogP contribution is 2.16. The van der Waals surface area contributed by atoms with Gasteiger partial charge in [-0.1, -0.05) is 0 Å². The van der Waals surface area contributed by atoms with Gasteiger partial charge in [0.25, 0.3) is 5.91 Å². The summed E-state index contributed by atoms with van der Waals surface area (Å²) in [4.78, 5) is 11.5. The van der Waals surface area contributed by atoms with E-state index in [1.165, 1.54) is 0 Å². The first-order chi connectivity index (χ1) is 6.54. The molecule has 1 aromatic heterocycles. The fraction of sp³-hybridized carbons (Fsp3) is 0.500. The average molecular weight is 216 g/mol. The summed E-state index contributed by atoms with van der Waals surface area (Å²) in [6, 6.07) is 1.78. The molecule has 0 spiro atoms. The number of rotatable bonds is 3. The summed E-state index contributed by atoms with van der Waals surface area (Å²) in [5.74, 6) is 1.20. The molecule has 0 aliphatic rings. The Balaban J connectivity index is 2.80. The van der Waals surface area contributed by atoms with Crippen molar-refractivity contribution in [3.05, 3.63) is 23.2 Å². The fourth-order valence-electron chi connectivity index (χ4n) is 1.10. The van der Waals surface area contributed by atoms with Gasteiger partial charge in [-0.3, -0.25) is 4.79 Å². The highest BCUT2D eigenvalue weighted by atomic mass is 35.5. The molecule has 0 radical (unpaired) electrons. The maximum Gasteiger partial charge on any atom is 0.287 e. The van der Waals surface area contributed by atoms with Crippen molar-refractivity contribution in [3.63, 3.8) is 0 Å². The second-order valence-corrected chi connectivity index (χ2v) is 3.72. The summed E-state index contributed by atoms with van der Waals surface area (Å²) in [5, 5.41) is 2.75. The van der Waals surface area contributed by atoms with E-state index in [1.54, 1.807) is 13.0 Å². The molecule has 0 saturated carbocycles. The standard InChI is InChI=1S/C10H14ClNO2/c1-6(2)12-10(13)9-4-8(5-11)7(3)14-9/h4,6H,5H2,1-3H3,(H,12,13). The van der Waals surface area contributed by atoms with Gasteiger partial charge < -0.3 is 9.73 Å². The van der Waals surface area contributed by atoms with Gasteiger partial charge in [-0.05, 0) is 26.8 Å². The third kappa shape index (κ3) is 2.51. The molecule has 3 nitrogen and oxygen atoms in total. The molecular formula is C10H14ClNO2. The highest BCUT2D eigenvalue weighted by molar-refractivity contribution is 6.17. The molecule has 0 atom stereocenters. The van der Waals surface area contributed by atoms with Gasteiger partial charge in [0.2, 0.25) is 0 Å². The molecule has 0 aromatic carbocycles. The summed E-state index contributed by atoms with van der Waals surface area (Å²) in [6.45, 7) is 5.59. The molecule has 1 amide bonds. The number of hydrogen-bond donors (Lipinski definition) is 1. The average Bonchev–Trinajstić information content (AvgIpc) is 2.45. The van der Waals surface area contributed by atoms with Crippen molar-refractivity contribution < 1.29 is 9.21 Å². The monoisotopic (exact) mass is 215 g/mol. The summed E-state index contributed by atoms with van der Waals surface area (Å²) >= 11 is 5.66. The first-order valence-corrected chi connectivity index (χ1v) is 5.04. The van der Waals surface area contributed by atoms with E-state index in [-0.39, 0.29) is 11.9 Å². The molecule has 1 rings (SSSR count). The molecule has 0 aliphatic carbocycles. The Labute approximate surface area is 88.4 Å². The number of alkyl halides is 1. The summed E-state index contributed by atoms with van der Waals surface area (Å²) in [6.07, 6.45) is 0. The van der Waals surface area contributed by atoms with Crippen LogP contribution in [0.15, 0.2) is 10.5 Å². The van der Waals surface area contributed by atoms with Crippen LogP contribution in [0.4, 0.5) is 0 Å². The lowest BCUT2D eigenvalue weighted by atomic mass is 10.2. The number of furan rings is 1. The molecule has 0 bridgehead atoms. The normalized spacial score (nSPS) is 10.6. The topological polar surface area (TPSA) is 42.2 Å². The van der Waals surface area contributed by atoms with Crippen molar-refractivity contribution in [2.45, 2.75) is 32.7 Å². The van der Waals surface area contributed by atoms with Gasteiger partial charge in [-0.15, -0.1) is 11.6 Å². The Bertz CT molecular complexity index is 331.